The van der Waals surface area contributed by atoms with Gasteiger partial charge in [0.2, 0.25) is 5.88 Å². The van der Waals surface area contributed by atoms with E-state index in [-0.39, 0.29) is 0 Å². The molecule has 2 aliphatic heterocycles. The Labute approximate surface area is 147 Å². The molecule has 0 spiro atoms. The third kappa shape index (κ3) is 3.11. The molecule has 2 aromatic heterocycles. The summed E-state index contributed by atoms with van der Waals surface area (Å²) in [6.07, 6.45) is 2.22. The van der Waals surface area contributed by atoms with Gasteiger partial charge in [-0.15, -0.1) is 11.3 Å². The van der Waals surface area contributed by atoms with Crippen LogP contribution in [0.15, 0.2) is 12.1 Å². The fourth-order valence-corrected chi connectivity index (χ4v) is 4.84. The van der Waals surface area contributed by atoms with Crippen molar-refractivity contribution >= 4 is 11.3 Å². The molecule has 0 amide bonds. The van der Waals surface area contributed by atoms with Gasteiger partial charge in [0.05, 0.1) is 32.1 Å². The molecule has 0 saturated carbocycles. The highest BCUT2D eigenvalue weighted by atomic mass is 32.1. The maximum atomic E-state index is 5.97. The van der Waals surface area contributed by atoms with Crippen LogP contribution >= 0.6 is 11.3 Å². The summed E-state index contributed by atoms with van der Waals surface area (Å²) >= 11 is 1.94. The van der Waals surface area contributed by atoms with Crippen LogP contribution in [0.2, 0.25) is 0 Å². The fraction of sp³-hybridized carbons (Fsp3) is 0.632. The number of fused-ring (bicyclic) bond motifs is 2. The molecule has 2 aromatic rings. The Hall–Kier alpha value is -1.33. The Bertz CT molecular complexity index is 696. The molecule has 24 heavy (non-hydrogen) atoms. The van der Waals surface area contributed by atoms with E-state index in [4.69, 9.17) is 14.6 Å². The first-order valence-corrected chi connectivity index (χ1v) is 9.81. The summed E-state index contributed by atoms with van der Waals surface area (Å²) in [5.74, 6) is 2.48. The number of hydrogen-bond acceptors (Lipinski definition) is 4. The van der Waals surface area contributed by atoms with Crippen molar-refractivity contribution < 1.29 is 9.47 Å². The molecule has 0 bridgehead atoms. The Morgan fingerprint density at radius 3 is 3.00 bits per heavy atom. The Balaban J connectivity index is 1.42. The second-order valence-corrected chi connectivity index (χ2v) is 8.63. The summed E-state index contributed by atoms with van der Waals surface area (Å²) in [5.41, 5.74) is 2.63. The highest BCUT2D eigenvalue weighted by Gasteiger charge is 2.25. The zero-order valence-corrected chi connectivity index (χ0v) is 15.6. The second kappa shape index (κ2) is 6.52. The van der Waals surface area contributed by atoms with Crippen LogP contribution in [0.4, 0.5) is 0 Å². The van der Waals surface area contributed by atoms with Gasteiger partial charge in [0.1, 0.15) is 0 Å². The van der Waals surface area contributed by atoms with Crippen molar-refractivity contribution in [2.75, 3.05) is 13.2 Å². The van der Waals surface area contributed by atoms with Crippen molar-refractivity contribution in [2.24, 2.45) is 5.92 Å². The predicted molar refractivity (Wildman–Crippen MR) is 96.0 cm³/mol. The number of aromatic nitrogens is 2. The van der Waals surface area contributed by atoms with Gasteiger partial charge in [-0.1, -0.05) is 20.8 Å². The topological polar surface area (TPSA) is 36.3 Å². The Morgan fingerprint density at radius 2 is 2.21 bits per heavy atom. The van der Waals surface area contributed by atoms with Gasteiger partial charge < -0.3 is 9.47 Å². The summed E-state index contributed by atoms with van der Waals surface area (Å²) in [7, 11) is 0. The van der Waals surface area contributed by atoms with Crippen LogP contribution in [0.1, 0.15) is 60.0 Å². The van der Waals surface area contributed by atoms with Crippen molar-refractivity contribution in [1.29, 1.82) is 0 Å². The van der Waals surface area contributed by atoms with Gasteiger partial charge in [-0.25, -0.2) is 4.68 Å². The first-order chi connectivity index (χ1) is 11.6. The van der Waals surface area contributed by atoms with Crippen LogP contribution in [-0.4, -0.2) is 23.0 Å². The van der Waals surface area contributed by atoms with E-state index >= 15 is 0 Å². The van der Waals surface area contributed by atoms with Gasteiger partial charge in [-0.3, -0.25) is 0 Å². The Kier molecular flexibility index (Phi) is 4.39. The molecular weight excluding hydrogens is 320 g/mol. The van der Waals surface area contributed by atoms with E-state index in [2.05, 4.69) is 37.6 Å². The molecule has 0 radical (unpaired) electrons. The molecule has 4 heterocycles. The molecule has 0 aliphatic carbocycles. The van der Waals surface area contributed by atoms with Gasteiger partial charge in [-0.05, 0) is 36.3 Å². The monoisotopic (exact) mass is 346 g/mol. The number of ether oxygens (including phenoxy) is 2. The fourth-order valence-electron chi connectivity index (χ4n) is 3.62. The lowest BCUT2D eigenvalue weighted by Crippen LogP contribution is -2.26. The zero-order valence-electron chi connectivity index (χ0n) is 14.7. The lowest BCUT2D eigenvalue weighted by atomic mass is 9.94. The maximum absolute atomic E-state index is 5.97. The number of thiophene rings is 1. The molecule has 4 nitrogen and oxygen atoms in total. The highest BCUT2D eigenvalue weighted by molar-refractivity contribution is 7.12. The van der Waals surface area contributed by atoms with E-state index in [1.165, 1.54) is 15.3 Å². The lowest BCUT2D eigenvalue weighted by Gasteiger charge is -2.26. The number of rotatable bonds is 4. The van der Waals surface area contributed by atoms with Gasteiger partial charge in [0.25, 0.3) is 0 Å². The summed E-state index contributed by atoms with van der Waals surface area (Å²) in [4.78, 5) is 2.93. The van der Waals surface area contributed by atoms with E-state index < -0.39 is 0 Å². The summed E-state index contributed by atoms with van der Waals surface area (Å²) in [6.45, 7) is 10.1. The molecule has 130 valence electrons. The highest BCUT2D eigenvalue weighted by Crippen LogP contribution is 2.36. The smallest absolute Gasteiger partial charge is 0.212 e. The molecule has 0 aromatic carbocycles. The first kappa shape index (κ1) is 16.2. The second-order valence-electron chi connectivity index (χ2n) is 7.46. The van der Waals surface area contributed by atoms with Crippen molar-refractivity contribution in [2.45, 2.75) is 58.6 Å². The van der Waals surface area contributed by atoms with E-state index in [0.717, 1.165) is 50.8 Å². The Morgan fingerprint density at radius 1 is 1.33 bits per heavy atom. The van der Waals surface area contributed by atoms with Gasteiger partial charge >= 0.3 is 0 Å². The van der Waals surface area contributed by atoms with Crippen molar-refractivity contribution in [3.63, 3.8) is 0 Å². The number of hydrogen-bond donors (Lipinski definition) is 0. The summed E-state index contributed by atoms with van der Waals surface area (Å²) in [5, 5.41) is 4.71. The van der Waals surface area contributed by atoms with Gasteiger partial charge in [0, 0.05) is 21.7 Å². The average Bonchev–Trinajstić information content (AvgIpc) is 3.18. The van der Waals surface area contributed by atoms with E-state index in [0.29, 0.717) is 17.8 Å². The minimum atomic E-state index is 0.448. The molecule has 0 saturated heterocycles. The molecule has 2 unspecified atom stereocenters. The molecule has 5 heteroatoms. The minimum absolute atomic E-state index is 0.448. The van der Waals surface area contributed by atoms with Crippen LogP contribution in [0.25, 0.3) is 0 Å². The first-order valence-electron chi connectivity index (χ1n) is 9.00. The zero-order chi connectivity index (χ0) is 16.7. The van der Waals surface area contributed by atoms with Gasteiger partial charge in [-0.2, -0.15) is 5.10 Å². The van der Waals surface area contributed by atoms with Crippen LogP contribution in [-0.2, 0) is 24.3 Å². The van der Waals surface area contributed by atoms with Crippen LogP contribution in [0, 0.1) is 5.92 Å². The molecule has 2 atom stereocenters. The van der Waals surface area contributed by atoms with Crippen LogP contribution < -0.4 is 4.74 Å². The van der Waals surface area contributed by atoms with Crippen molar-refractivity contribution in [3.8, 4) is 5.88 Å². The molecule has 0 N–H and O–H groups in total. The van der Waals surface area contributed by atoms with Gasteiger partial charge in [0.15, 0.2) is 0 Å². The van der Waals surface area contributed by atoms with Crippen LogP contribution in [0.5, 0.6) is 5.88 Å². The average molecular weight is 346 g/mol. The van der Waals surface area contributed by atoms with E-state index in [1.54, 1.807) is 0 Å². The third-order valence-electron chi connectivity index (χ3n) is 5.09. The molecular formula is C19H26N2O2S. The SMILES string of the molecule is CC(C)c1cc2n(n1)CC(CC(C)c1cc3c(s1)COCC3)CO2. The largest absolute Gasteiger partial charge is 0.477 e. The minimum Gasteiger partial charge on any atom is -0.477 e. The van der Waals surface area contributed by atoms with E-state index in [1.807, 2.05) is 11.3 Å². The molecule has 0 fully saturated rings. The summed E-state index contributed by atoms with van der Waals surface area (Å²) < 4.78 is 13.6. The third-order valence-corrected chi connectivity index (χ3v) is 6.47. The molecule has 4 rings (SSSR count). The van der Waals surface area contributed by atoms with Crippen molar-refractivity contribution in [3.05, 3.63) is 33.1 Å². The lowest BCUT2D eigenvalue weighted by molar-refractivity contribution is 0.113. The van der Waals surface area contributed by atoms with Crippen LogP contribution in [0.3, 0.4) is 0 Å². The molecule has 2 aliphatic rings. The quantitative estimate of drug-likeness (QED) is 0.826. The van der Waals surface area contributed by atoms with E-state index in [9.17, 15) is 0 Å². The summed E-state index contributed by atoms with van der Waals surface area (Å²) in [6, 6.07) is 4.50. The van der Waals surface area contributed by atoms with Crippen molar-refractivity contribution in [1.82, 2.24) is 9.78 Å². The standard InChI is InChI=1S/C19H26N2O2S/c1-12(2)16-8-19-21(20-16)9-14(10-23-19)6-13(3)17-7-15-4-5-22-11-18(15)24-17/h7-8,12-14H,4-6,9-11H2,1-3H3. The normalized spacial score (nSPS) is 21.2. The predicted octanol–water partition coefficient (Wildman–Crippen LogP) is 4.34. The number of nitrogens with zero attached hydrogens (tertiary/aromatic N) is 2. The maximum Gasteiger partial charge on any atom is 0.212 e.